The van der Waals surface area contributed by atoms with E-state index in [9.17, 15) is 0 Å². The third-order valence-corrected chi connectivity index (χ3v) is 13.4. The lowest BCUT2D eigenvalue weighted by Gasteiger charge is -2.28. The van der Waals surface area contributed by atoms with E-state index in [1.807, 2.05) is 0 Å². The van der Waals surface area contributed by atoms with Gasteiger partial charge in [-0.3, -0.25) is 0 Å². The van der Waals surface area contributed by atoms with Gasteiger partial charge >= 0.3 is 0 Å². The Morgan fingerprint density at radius 1 is 0.365 bits per heavy atom. The summed E-state index contributed by atoms with van der Waals surface area (Å²) in [7, 11) is 0. The number of hydrogen-bond donors (Lipinski definition) is 0. The van der Waals surface area contributed by atoms with Gasteiger partial charge in [-0.2, -0.15) is 0 Å². The first-order valence-corrected chi connectivity index (χ1v) is 21.9. The van der Waals surface area contributed by atoms with Crippen molar-refractivity contribution < 1.29 is 0 Å². The highest BCUT2D eigenvalue weighted by molar-refractivity contribution is 6.24. The normalized spacial score (nSPS) is 12.7. The standard InChI is InChI=1S/C61H44N2/c1-61(2)56-25-15-14-24-52(56)53-36-34-49(39-57(53)61)62(47-30-26-43(27-31-47)41-16-6-3-7-17-41)50-35-37-54-58(40-50)63(48-32-28-44(29-33-48)42-18-8-4-9-19-42)60-51-23-13-12-22-46(51)38-55(59(54)60)45-20-10-5-11-21-45/h3-40H,1-2H3. The molecule has 0 saturated heterocycles. The summed E-state index contributed by atoms with van der Waals surface area (Å²) >= 11 is 0. The van der Waals surface area contributed by atoms with Gasteiger partial charge in [0, 0.05) is 44.3 Å². The molecule has 1 aliphatic carbocycles. The molecular formula is C61H44N2. The lowest BCUT2D eigenvalue weighted by Crippen LogP contribution is -2.16. The first-order valence-electron chi connectivity index (χ1n) is 21.9. The average Bonchev–Trinajstić information content (AvgIpc) is 3.81. The summed E-state index contributed by atoms with van der Waals surface area (Å²) < 4.78 is 2.51. The zero-order chi connectivity index (χ0) is 42.1. The van der Waals surface area contributed by atoms with Crippen LogP contribution in [0.1, 0.15) is 25.0 Å². The highest BCUT2D eigenvalue weighted by Gasteiger charge is 2.36. The van der Waals surface area contributed by atoms with Crippen LogP contribution in [0.5, 0.6) is 0 Å². The van der Waals surface area contributed by atoms with Crippen molar-refractivity contribution in [2.24, 2.45) is 0 Å². The van der Waals surface area contributed by atoms with Crippen LogP contribution >= 0.6 is 0 Å². The van der Waals surface area contributed by atoms with Gasteiger partial charge in [0.15, 0.2) is 0 Å². The van der Waals surface area contributed by atoms with Gasteiger partial charge in [0.1, 0.15) is 0 Å². The molecule has 1 aliphatic rings. The molecule has 0 atom stereocenters. The van der Waals surface area contributed by atoms with Crippen LogP contribution in [-0.2, 0) is 5.41 Å². The fourth-order valence-electron chi connectivity index (χ4n) is 10.3. The van der Waals surface area contributed by atoms with Crippen LogP contribution in [0.3, 0.4) is 0 Å². The van der Waals surface area contributed by atoms with Crippen LogP contribution in [-0.4, -0.2) is 4.57 Å². The van der Waals surface area contributed by atoms with Gasteiger partial charge in [0.2, 0.25) is 0 Å². The number of rotatable bonds is 7. The molecule has 2 nitrogen and oxygen atoms in total. The van der Waals surface area contributed by atoms with Gasteiger partial charge in [-0.15, -0.1) is 0 Å². The van der Waals surface area contributed by atoms with Crippen molar-refractivity contribution in [2.75, 3.05) is 4.90 Å². The van der Waals surface area contributed by atoms with Crippen LogP contribution < -0.4 is 4.90 Å². The van der Waals surface area contributed by atoms with Crippen molar-refractivity contribution in [3.8, 4) is 50.2 Å². The van der Waals surface area contributed by atoms with Crippen molar-refractivity contribution in [1.29, 1.82) is 0 Å². The molecule has 0 amide bonds. The molecule has 1 heterocycles. The summed E-state index contributed by atoms with van der Waals surface area (Å²) in [5.41, 5.74) is 19.3. The van der Waals surface area contributed by atoms with Crippen molar-refractivity contribution in [3.05, 3.63) is 242 Å². The Kier molecular flexibility index (Phi) is 8.55. The number of anilines is 3. The summed E-state index contributed by atoms with van der Waals surface area (Å²) in [6.45, 7) is 4.73. The molecule has 0 bridgehead atoms. The molecule has 298 valence electrons. The second-order valence-electron chi connectivity index (χ2n) is 17.3. The topological polar surface area (TPSA) is 8.17 Å². The van der Waals surface area contributed by atoms with E-state index in [0.717, 1.165) is 28.3 Å². The molecule has 0 saturated carbocycles. The van der Waals surface area contributed by atoms with E-state index in [-0.39, 0.29) is 5.41 Å². The molecule has 0 radical (unpaired) electrons. The molecule has 10 aromatic carbocycles. The first-order chi connectivity index (χ1) is 31.0. The largest absolute Gasteiger partial charge is 0.310 e. The zero-order valence-electron chi connectivity index (χ0n) is 35.3. The molecule has 63 heavy (non-hydrogen) atoms. The van der Waals surface area contributed by atoms with Crippen molar-refractivity contribution in [2.45, 2.75) is 19.3 Å². The Bertz CT molecular complexity index is 3490. The van der Waals surface area contributed by atoms with Crippen molar-refractivity contribution in [3.63, 3.8) is 0 Å². The van der Waals surface area contributed by atoms with Crippen molar-refractivity contribution in [1.82, 2.24) is 4.57 Å². The minimum atomic E-state index is -0.137. The lowest BCUT2D eigenvalue weighted by molar-refractivity contribution is 0.660. The maximum absolute atomic E-state index is 2.51. The number of fused-ring (bicyclic) bond motifs is 8. The number of nitrogens with zero attached hydrogens (tertiary/aromatic N) is 2. The first kappa shape index (κ1) is 36.9. The molecule has 0 spiro atoms. The minimum absolute atomic E-state index is 0.137. The summed E-state index contributed by atoms with van der Waals surface area (Å²) in [4.78, 5) is 2.45. The minimum Gasteiger partial charge on any atom is -0.310 e. The molecule has 0 fully saturated rings. The molecule has 2 heteroatoms. The van der Waals surface area contributed by atoms with E-state index < -0.39 is 0 Å². The van der Waals surface area contributed by atoms with Crippen LogP contribution in [0, 0.1) is 0 Å². The fraction of sp³-hybridized carbons (Fsp3) is 0.0492. The fourth-order valence-corrected chi connectivity index (χ4v) is 10.3. The maximum Gasteiger partial charge on any atom is 0.0625 e. The smallest absolute Gasteiger partial charge is 0.0625 e. The van der Waals surface area contributed by atoms with E-state index in [0.29, 0.717) is 0 Å². The van der Waals surface area contributed by atoms with E-state index >= 15 is 0 Å². The monoisotopic (exact) mass is 804 g/mol. The third-order valence-electron chi connectivity index (χ3n) is 13.4. The molecule has 0 N–H and O–H groups in total. The Labute approximate surface area is 368 Å². The van der Waals surface area contributed by atoms with E-state index in [2.05, 4.69) is 254 Å². The Morgan fingerprint density at radius 3 is 1.59 bits per heavy atom. The Morgan fingerprint density at radius 2 is 0.889 bits per heavy atom. The highest BCUT2D eigenvalue weighted by atomic mass is 15.1. The average molecular weight is 805 g/mol. The Balaban J connectivity index is 1.13. The molecule has 11 aromatic rings. The van der Waals surface area contributed by atoms with E-state index in [4.69, 9.17) is 0 Å². The highest BCUT2D eigenvalue weighted by Crippen LogP contribution is 2.51. The van der Waals surface area contributed by atoms with E-state index in [1.54, 1.807) is 0 Å². The Hall–Kier alpha value is -7.94. The molecule has 1 aromatic heterocycles. The van der Waals surface area contributed by atoms with E-state index in [1.165, 1.54) is 82.7 Å². The van der Waals surface area contributed by atoms with Gasteiger partial charge in [-0.25, -0.2) is 0 Å². The van der Waals surface area contributed by atoms with Gasteiger partial charge in [0.05, 0.1) is 11.0 Å². The summed E-state index contributed by atoms with van der Waals surface area (Å²) in [6, 6.07) is 84.7. The summed E-state index contributed by atoms with van der Waals surface area (Å²) in [6.07, 6.45) is 0. The zero-order valence-corrected chi connectivity index (χ0v) is 35.3. The molecule has 0 unspecified atom stereocenters. The second kappa shape index (κ2) is 14.6. The van der Waals surface area contributed by atoms with Crippen LogP contribution in [0.4, 0.5) is 17.1 Å². The maximum atomic E-state index is 2.51. The lowest BCUT2D eigenvalue weighted by atomic mass is 9.82. The van der Waals surface area contributed by atoms with Crippen LogP contribution in [0.25, 0.3) is 82.8 Å². The summed E-state index contributed by atoms with van der Waals surface area (Å²) in [5, 5.41) is 4.92. The molecule has 0 aliphatic heterocycles. The quantitative estimate of drug-likeness (QED) is 0.156. The van der Waals surface area contributed by atoms with Crippen LogP contribution in [0.15, 0.2) is 231 Å². The SMILES string of the molecule is CC1(C)c2ccccc2-c2ccc(N(c3ccc(-c4ccccc4)cc3)c3ccc4c5c(-c6ccccc6)cc6ccccc6c5n(-c5ccc(-c6ccccc6)cc5)c4c3)cc21. The summed E-state index contributed by atoms with van der Waals surface area (Å²) in [5.74, 6) is 0. The number of benzene rings is 10. The second-order valence-corrected chi connectivity index (χ2v) is 17.3. The van der Waals surface area contributed by atoms with Gasteiger partial charge in [-0.05, 0) is 116 Å². The third kappa shape index (κ3) is 6.02. The molecule has 12 rings (SSSR count). The van der Waals surface area contributed by atoms with Crippen LogP contribution in [0.2, 0.25) is 0 Å². The van der Waals surface area contributed by atoms with Crippen molar-refractivity contribution >= 4 is 49.6 Å². The number of aromatic nitrogens is 1. The molecular weight excluding hydrogens is 761 g/mol. The number of hydrogen-bond acceptors (Lipinski definition) is 1. The predicted octanol–water partition coefficient (Wildman–Crippen LogP) is 16.7. The van der Waals surface area contributed by atoms with Gasteiger partial charge in [-0.1, -0.05) is 190 Å². The van der Waals surface area contributed by atoms with Gasteiger partial charge in [0.25, 0.3) is 0 Å². The van der Waals surface area contributed by atoms with Gasteiger partial charge < -0.3 is 9.47 Å². The predicted molar refractivity (Wildman–Crippen MR) is 267 cm³/mol.